The molecule has 1 aromatic rings. The monoisotopic (exact) mass is 209 g/mol. The van der Waals surface area contributed by atoms with Crippen molar-refractivity contribution in [1.29, 1.82) is 0 Å². The van der Waals surface area contributed by atoms with E-state index in [0.717, 1.165) is 23.5 Å². The highest BCUT2D eigenvalue weighted by molar-refractivity contribution is 5.49. The Bertz CT molecular complexity index is 335. The molecule has 1 unspecified atom stereocenters. The van der Waals surface area contributed by atoms with E-state index in [0.29, 0.717) is 0 Å². The zero-order valence-electron chi connectivity index (χ0n) is 9.83. The van der Waals surface area contributed by atoms with Crippen molar-refractivity contribution < 1.29 is 9.47 Å². The maximum Gasteiger partial charge on any atom is 0.163 e. The van der Waals surface area contributed by atoms with Gasteiger partial charge in [0.05, 0.1) is 14.2 Å². The third-order valence-electron chi connectivity index (χ3n) is 2.28. The van der Waals surface area contributed by atoms with E-state index < -0.39 is 0 Å². The Hall–Kier alpha value is -1.22. The largest absolute Gasteiger partial charge is 0.493 e. The lowest BCUT2D eigenvalue weighted by Gasteiger charge is -2.13. The van der Waals surface area contributed by atoms with Crippen molar-refractivity contribution in [3.05, 3.63) is 23.3 Å². The van der Waals surface area contributed by atoms with Gasteiger partial charge in [0.25, 0.3) is 0 Å². The highest BCUT2D eigenvalue weighted by Gasteiger charge is 2.09. The Morgan fingerprint density at radius 2 is 1.93 bits per heavy atom. The Morgan fingerprint density at radius 1 is 1.27 bits per heavy atom. The van der Waals surface area contributed by atoms with Gasteiger partial charge in [-0.05, 0) is 37.5 Å². The zero-order chi connectivity index (χ0) is 11.4. The lowest BCUT2D eigenvalue weighted by molar-refractivity contribution is 0.352. The van der Waals surface area contributed by atoms with Crippen LogP contribution in [-0.2, 0) is 6.42 Å². The Labute approximate surface area is 91.2 Å². The summed E-state index contributed by atoms with van der Waals surface area (Å²) < 4.78 is 10.5. The van der Waals surface area contributed by atoms with Crippen LogP contribution in [0.25, 0.3) is 0 Å². The second-order valence-electron chi connectivity index (χ2n) is 3.83. The second kappa shape index (κ2) is 5.03. The molecule has 0 saturated carbocycles. The van der Waals surface area contributed by atoms with Gasteiger partial charge in [0.15, 0.2) is 11.5 Å². The fraction of sp³-hybridized carbons (Fsp3) is 0.500. The second-order valence-corrected chi connectivity index (χ2v) is 3.83. The van der Waals surface area contributed by atoms with Crippen LogP contribution in [0.5, 0.6) is 11.5 Å². The number of aryl methyl sites for hydroxylation is 1. The fourth-order valence-corrected chi connectivity index (χ4v) is 1.72. The molecule has 0 amide bonds. The van der Waals surface area contributed by atoms with Crippen molar-refractivity contribution in [3.63, 3.8) is 0 Å². The zero-order valence-corrected chi connectivity index (χ0v) is 9.83. The van der Waals surface area contributed by atoms with Gasteiger partial charge >= 0.3 is 0 Å². The molecular weight excluding hydrogens is 190 g/mol. The van der Waals surface area contributed by atoms with Crippen LogP contribution in [0.2, 0.25) is 0 Å². The van der Waals surface area contributed by atoms with E-state index in [1.807, 2.05) is 19.9 Å². The first-order chi connectivity index (χ1) is 7.08. The predicted molar refractivity (Wildman–Crippen MR) is 61.6 cm³/mol. The molecule has 0 radical (unpaired) electrons. The van der Waals surface area contributed by atoms with Crippen LogP contribution in [0, 0.1) is 6.92 Å². The molecule has 0 fully saturated rings. The van der Waals surface area contributed by atoms with Crippen molar-refractivity contribution in [2.24, 2.45) is 5.73 Å². The molecule has 0 aliphatic rings. The van der Waals surface area contributed by atoms with E-state index in [2.05, 4.69) is 6.07 Å². The molecule has 2 N–H and O–H groups in total. The van der Waals surface area contributed by atoms with E-state index in [-0.39, 0.29) is 6.04 Å². The first-order valence-corrected chi connectivity index (χ1v) is 5.05. The summed E-state index contributed by atoms with van der Waals surface area (Å²) >= 11 is 0. The maximum atomic E-state index is 5.76. The van der Waals surface area contributed by atoms with Crippen molar-refractivity contribution in [1.82, 2.24) is 0 Å². The molecule has 3 nitrogen and oxygen atoms in total. The molecule has 1 aromatic carbocycles. The number of hydrogen-bond donors (Lipinski definition) is 1. The quantitative estimate of drug-likeness (QED) is 0.823. The lowest BCUT2D eigenvalue weighted by atomic mass is 10.0. The van der Waals surface area contributed by atoms with Crippen LogP contribution < -0.4 is 15.2 Å². The van der Waals surface area contributed by atoms with Crippen LogP contribution in [0.3, 0.4) is 0 Å². The third kappa shape index (κ3) is 2.86. The van der Waals surface area contributed by atoms with Crippen molar-refractivity contribution >= 4 is 0 Å². The molecule has 0 heterocycles. The molecule has 0 aromatic heterocycles. The van der Waals surface area contributed by atoms with Gasteiger partial charge in [0, 0.05) is 6.04 Å². The van der Waals surface area contributed by atoms with Crippen LogP contribution >= 0.6 is 0 Å². The third-order valence-corrected chi connectivity index (χ3v) is 2.28. The minimum absolute atomic E-state index is 0.155. The van der Waals surface area contributed by atoms with Crippen molar-refractivity contribution in [3.8, 4) is 11.5 Å². The molecule has 0 aliphatic carbocycles. The molecule has 15 heavy (non-hydrogen) atoms. The van der Waals surface area contributed by atoms with Crippen LogP contribution in [0.4, 0.5) is 0 Å². The molecular formula is C12H19NO2. The molecule has 0 aliphatic heterocycles. The summed E-state index contributed by atoms with van der Waals surface area (Å²) in [6.07, 6.45) is 0.848. The minimum atomic E-state index is 0.155. The smallest absolute Gasteiger partial charge is 0.163 e. The van der Waals surface area contributed by atoms with Gasteiger partial charge in [-0.15, -0.1) is 0 Å². The van der Waals surface area contributed by atoms with Gasteiger partial charge in [-0.2, -0.15) is 0 Å². The van der Waals surface area contributed by atoms with E-state index >= 15 is 0 Å². The van der Waals surface area contributed by atoms with Gasteiger partial charge in [-0.25, -0.2) is 0 Å². The molecule has 0 bridgehead atoms. The average molecular weight is 209 g/mol. The molecule has 1 rings (SSSR count). The number of methoxy groups -OCH3 is 2. The topological polar surface area (TPSA) is 44.5 Å². The number of hydrogen-bond acceptors (Lipinski definition) is 3. The average Bonchev–Trinajstić information content (AvgIpc) is 2.15. The standard InChI is InChI=1S/C12H19NO2/c1-8-5-10(6-9(2)13)7-11(14-3)12(8)15-4/h5,7,9H,6,13H2,1-4H3. The molecule has 1 atom stereocenters. The van der Waals surface area contributed by atoms with Crippen LogP contribution in [0.1, 0.15) is 18.1 Å². The van der Waals surface area contributed by atoms with E-state index in [4.69, 9.17) is 15.2 Å². The van der Waals surface area contributed by atoms with Crippen LogP contribution in [0.15, 0.2) is 12.1 Å². The maximum absolute atomic E-state index is 5.76. The summed E-state index contributed by atoms with van der Waals surface area (Å²) in [6, 6.07) is 4.22. The first kappa shape index (κ1) is 11.9. The van der Waals surface area contributed by atoms with E-state index in [1.165, 1.54) is 5.56 Å². The van der Waals surface area contributed by atoms with E-state index in [1.54, 1.807) is 14.2 Å². The summed E-state index contributed by atoms with van der Waals surface area (Å²) in [5.74, 6) is 1.57. The molecule has 84 valence electrons. The van der Waals surface area contributed by atoms with Gasteiger partial charge in [-0.1, -0.05) is 6.07 Å². The number of ether oxygens (including phenoxy) is 2. The number of nitrogens with two attached hydrogens (primary N) is 1. The SMILES string of the molecule is COc1cc(CC(C)N)cc(C)c1OC. The highest BCUT2D eigenvalue weighted by Crippen LogP contribution is 2.32. The molecule has 3 heteroatoms. The van der Waals surface area contributed by atoms with Gasteiger partial charge in [0.1, 0.15) is 0 Å². The summed E-state index contributed by atoms with van der Waals surface area (Å²) in [6.45, 7) is 4.00. The predicted octanol–water partition coefficient (Wildman–Crippen LogP) is 1.90. The lowest BCUT2D eigenvalue weighted by Crippen LogP contribution is -2.17. The van der Waals surface area contributed by atoms with Crippen molar-refractivity contribution in [2.75, 3.05) is 14.2 Å². The molecule has 0 saturated heterocycles. The normalized spacial score (nSPS) is 12.3. The molecule has 0 spiro atoms. The first-order valence-electron chi connectivity index (χ1n) is 5.05. The highest BCUT2D eigenvalue weighted by atomic mass is 16.5. The Kier molecular flexibility index (Phi) is 3.97. The Morgan fingerprint density at radius 3 is 2.40 bits per heavy atom. The van der Waals surface area contributed by atoms with E-state index in [9.17, 15) is 0 Å². The fourth-order valence-electron chi connectivity index (χ4n) is 1.72. The summed E-state index contributed by atoms with van der Waals surface area (Å²) in [5.41, 5.74) is 8.02. The minimum Gasteiger partial charge on any atom is -0.493 e. The number of benzene rings is 1. The van der Waals surface area contributed by atoms with Crippen molar-refractivity contribution in [2.45, 2.75) is 26.3 Å². The Balaban J connectivity index is 3.08. The number of rotatable bonds is 4. The van der Waals surface area contributed by atoms with Gasteiger partial charge in [-0.3, -0.25) is 0 Å². The van der Waals surface area contributed by atoms with Gasteiger partial charge < -0.3 is 15.2 Å². The summed E-state index contributed by atoms with van der Waals surface area (Å²) in [7, 11) is 3.29. The van der Waals surface area contributed by atoms with Gasteiger partial charge in [0.2, 0.25) is 0 Å². The van der Waals surface area contributed by atoms with Crippen LogP contribution in [-0.4, -0.2) is 20.3 Å². The summed E-state index contributed by atoms with van der Waals surface area (Å²) in [5, 5.41) is 0. The summed E-state index contributed by atoms with van der Waals surface area (Å²) in [4.78, 5) is 0.